The minimum Gasteiger partial charge on any atom is -0.465 e. The molecule has 2 aliphatic rings. The Labute approximate surface area is 113 Å². The summed E-state index contributed by atoms with van der Waals surface area (Å²) in [6.07, 6.45) is 4.25. The fourth-order valence-corrected chi connectivity index (χ4v) is 3.70. The summed E-state index contributed by atoms with van der Waals surface area (Å²) in [5.74, 6) is 0.789. The van der Waals surface area contributed by atoms with Gasteiger partial charge in [0.15, 0.2) is 0 Å². The molecule has 1 saturated heterocycles. The number of carbonyl (C=O) groups excluding carboxylic acids is 1. The monoisotopic (exact) mass is 273 g/mol. The maximum absolute atomic E-state index is 12.0. The van der Waals surface area contributed by atoms with Gasteiger partial charge in [0, 0.05) is 24.2 Å². The summed E-state index contributed by atoms with van der Waals surface area (Å²) in [4.78, 5) is 12.0. The molecule has 18 heavy (non-hydrogen) atoms. The van der Waals surface area contributed by atoms with Crippen molar-refractivity contribution in [1.29, 1.82) is 0 Å². The molecule has 1 aliphatic heterocycles. The van der Waals surface area contributed by atoms with E-state index in [0.717, 1.165) is 38.9 Å². The van der Waals surface area contributed by atoms with Crippen molar-refractivity contribution in [2.75, 3.05) is 25.6 Å². The van der Waals surface area contributed by atoms with Crippen LogP contribution in [0.25, 0.3) is 0 Å². The van der Waals surface area contributed by atoms with Gasteiger partial charge < -0.3 is 15.2 Å². The molecule has 0 amide bonds. The molecule has 1 atom stereocenters. The first kappa shape index (κ1) is 14.2. The Morgan fingerprint density at radius 2 is 2.06 bits per heavy atom. The number of ether oxygens (including phenoxy) is 2. The van der Waals surface area contributed by atoms with Crippen molar-refractivity contribution in [3.63, 3.8) is 0 Å². The Kier molecular flexibility index (Phi) is 4.92. The molecule has 0 aromatic heterocycles. The molecule has 0 aromatic carbocycles. The first-order valence-corrected chi connectivity index (χ1v) is 7.87. The molecule has 0 spiro atoms. The van der Waals surface area contributed by atoms with Crippen molar-refractivity contribution in [2.45, 2.75) is 43.4 Å². The average Bonchev–Trinajstić information content (AvgIpc) is 3.22. The Morgan fingerprint density at radius 1 is 1.39 bits per heavy atom. The van der Waals surface area contributed by atoms with Gasteiger partial charge in [-0.3, -0.25) is 4.79 Å². The normalized spacial score (nSPS) is 24.6. The minimum absolute atomic E-state index is 0.216. The predicted molar refractivity (Wildman–Crippen MR) is 72.6 cm³/mol. The summed E-state index contributed by atoms with van der Waals surface area (Å²) in [7, 11) is 0. The van der Waals surface area contributed by atoms with Gasteiger partial charge in [0.05, 0.1) is 6.61 Å². The summed E-state index contributed by atoms with van der Waals surface area (Å²) < 4.78 is 10.5. The number of nitrogens with two attached hydrogens (primary N) is 1. The van der Waals surface area contributed by atoms with Crippen LogP contribution in [0.2, 0.25) is 0 Å². The predicted octanol–water partition coefficient (Wildman–Crippen LogP) is 1.57. The van der Waals surface area contributed by atoms with Gasteiger partial charge >= 0.3 is 5.97 Å². The maximum atomic E-state index is 12.0. The molecule has 1 heterocycles. The molecule has 0 radical (unpaired) electrons. The molecule has 1 unspecified atom stereocenters. The minimum atomic E-state index is -0.765. The lowest BCUT2D eigenvalue weighted by molar-refractivity contribution is -0.149. The van der Waals surface area contributed by atoms with Gasteiger partial charge in [-0.1, -0.05) is 0 Å². The zero-order chi connectivity index (χ0) is 13.0. The third-order valence-electron chi connectivity index (χ3n) is 3.69. The van der Waals surface area contributed by atoms with Crippen molar-refractivity contribution in [2.24, 2.45) is 11.7 Å². The summed E-state index contributed by atoms with van der Waals surface area (Å²) in [5.41, 5.74) is 5.56. The van der Waals surface area contributed by atoms with Gasteiger partial charge in [0.2, 0.25) is 0 Å². The molecule has 1 saturated carbocycles. The van der Waals surface area contributed by atoms with Crippen LogP contribution in [0.1, 0.15) is 32.6 Å². The summed E-state index contributed by atoms with van der Waals surface area (Å²) in [5, 5.41) is 0.579. The van der Waals surface area contributed by atoms with E-state index < -0.39 is 5.54 Å². The smallest absolute Gasteiger partial charge is 0.327 e. The molecule has 2 fully saturated rings. The number of hydrogen-bond donors (Lipinski definition) is 1. The number of hydrogen-bond acceptors (Lipinski definition) is 5. The van der Waals surface area contributed by atoms with E-state index in [4.69, 9.17) is 15.2 Å². The van der Waals surface area contributed by atoms with Gasteiger partial charge in [0.25, 0.3) is 0 Å². The quantitative estimate of drug-likeness (QED) is 0.744. The zero-order valence-electron chi connectivity index (χ0n) is 11.0. The van der Waals surface area contributed by atoms with E-state index in [0.29, 0.717) is 23.5 Å². The van der Waals surface area contributed by atoms with Crippen LogP contribution in [0.5, 0.6) is 0 Å². The van der Waals surface area contributed by atoms with Crippen LogP contribution in [-0.2, 0) is 14.3 Å². The SMILES string of the molecule is CCOC(=O)C(N)(CSC1CCOCC1)C1CC1. The van der Waals surface area contributed by atoms with E-state index in [9.17, 15) is 4.79 Å². The number of thioether (sulfide) groups is 1. The van der Waals surface area contributed by atoms with Gasteiger partial charge in [-0.2, -0.15) is 11.8 Å². The van der Waals surface area contributed by atoms with E-state index in [1.807, 2.05) is 18.7 Å². The van der Waals surface area contributed by atoms with E-state index in [1.165, 1.54) is 0 Å². The molecule has 1 aliphatic carbocycles. The van der Waals surface area contributed by atoms with E-state index in [-0.39, 0.29) is 5.97 Å². The van der Waals surface area contributed by atoms with Crippen molar-refractivity contribution in [1.82, 2.24) is 0 Å². The molecule has 2 N–H and O–H groups in total. The summed E-state index contributed by atoms with van der Waals surface area (Å²) in [6, 6.07) is 0. The highest BCUT2D eigenvalue weighted by atomic mass is 32.2. The lowest BCUT2D eigenvalue weighted by atomic mass is 9.97. The number of esters is 1. The lowest BCUT2D eigenvalue weighted by Gasteiger charge is -2.29. The van der Waals surface area contributed by atoms with Crippen LogP contribution in [0.3, 0.4) is 0 Å². The van der Waals surface area contributed by atoms with Crippen LogP contribution in [0, 0.1) is 5.92 Å². The standard InChI is InChI=1S/C13H23NO3S/c1-2-17-12(15)13(14,10-3-4-10)9-18-11-5-7-16-8-6-11/h10-11H,2-9,14H2,1H3. The zero-order valence-corrected chi connectivity index (χ0v) is 11.8. The highest BCUT2D eigenvalue weighted by Crippen LogP contribution is 2.41. The van der Waals surface area contributed by atoms with Crippen LogP contribution in [-0.4, -0.2) is 42.3 Å². The lowest BCUT2D eigenvalue weighted by Crippen LogP contribution is -2.53. The first-order valence-electron chi connectivity index (χ1n) is 6.82. The molecule has 4 nitrogen and oxygen atoms in total. The molecule has 2 rings (SSSR count). The van der Waals surface area contributed by atoms with Crippen molar-refractivity contribution in [3.05, 3.63) is 0 Å². The van der Waals surface area contributed by atoms with Crippen molar-refractivity contribution >= 4 is 17.7 Å². The van der Waals surface area contributed by atoms with Crippen LogP contribution in [0.15, 0.2) is 0 Å². The van der Waals surface area contributed by atoms with Crippen LogP contribution in [0.4, 0.5) is 0 Å². The summed E-state index contributed by atoms with van der Waals surface area (Å²) in [6.45, 7) is 3.90. The largest absolute Gasteiger partial charge is 0.465 e. The van der Waals surface area contributed by atoms with Gasteiger partial charge in [-0.05, 0) is 38.5 Å². The number of rotatable bonds is 6. The Bertz CT molecular complexity index is 290. The Balaban J connectivity index is 1.87. The van der Waals surface area contributed by atoms with Crippen molar-refractivity contribution < 1.29 is 14.3 Å². The Morgan fingerprint density at radius 3 is 2.61 bits per heavy atom. The molecular formula is C13H23NO3S. The highest BCUT2D eigenvalue weighted by Gasteiger charge is 2.49. The first-order chi connectivity index (χ1) is 8.66. The molecule has 5 heteroatoms. The second kappa shape index (κ2) is 6.26. The summed E-state index contributed by atoms with van der Waals surface area (Å²) >= 11 is 1.82. The van der Waals surface area contributed by atoms with E-state index >= 15 is 0 Å². The number of carbonyl (C=O) groups is 1. The van der Waals surface area contributed by atoms with Crippen LogP contribution < -0.4 is 5.73 Å². The fraction of sp³-hybridized carbons (Fsp3) is 0.923. The molecule has 104 valence electrons. The van der Waals surface area contributed by atoms with Gasteiger partial charge in [-0.15, -0.1) is 0 Å². The second-order valence-electron chi connectivity index (χ2n) is 5.16. The van der Waals surface area contributed by atoms with Gasteiger partial charge in [0.1, 0.15) is 5.54 Å². The topological polar surface area (TPSA) is 61.5 Å². The molecule has 0 bridgehead atoms. The van der Waals surface area contributed by atoms with E-state index in [2.05, 4.69) is 0 Å². The van der Waals surface area contributed by atoms with Gasteiger partial charge in [-0.25, -0.2) is 0 Å². The molecular weight excluding hydrogens is 250 g/mol. The maximum Gasteiger partial charge on any atom is 0.327 e. The third kappa shape index (κ3) is 3.39. The fourth-order valence-electron chi connectivity index (χ4n) is 2.31. The van der Waals surface area contributed by atoms with E-state index in [1.54, 1.807) is 0 Å². The molecule has 0 aromatic rings. The highest BCUT2D eigenvalue weighted by molar-refractivity contribution is 8.00. The van der Waals surface area contributed by atoms with Crippen LogP contribution >= 0.6 is 11.8 Å². The average molecular weight is 273 g/mol. The Hall–Kier alpha value is -0.260. The van der Waals surface area contributed by atoms with Crippen molar-refractivity contribution in [3.8, 4) is 0 Å². The second-order valence-corrected chi connectivity index (χ2v) is 6.45. The third-order valence-corrected chi connectivity index (χ3v) is 5.27.